The van der Waals surface area contributed by atoms with Gasteiger partial charge in [0.2, 0.25) is 17.7 Å². The molecule has 192 valence electrons. The summed E-state index contributed by atoms with van der Waals surface area (Å²) in [5, 5.41) is 8.40. The lowest BCUT2D eigenvalue weighted by Crippen LogP contribution is -2.60. The van der Waals surface area contributed by atoms with E-state index < -0.39 is 29.1 Å². The van der Waals surface area contributed by atoms with Crippen LogP contribution in [-0.4, -0.2) is 55.0 Å². The molecule has 0 aromatic heterocycles. The van der Waals surface area contributed by atoms with Crippen molar-refractivity contribution in [3.8, 4) is 0 Å². The van der Waals surface area contributed by atoms with Gasteiger partial charge in [0.25, 0.3) is 0 Å². The average molecular weight is 505 g/mol. The molecule has 2 aliphatic rings. The van der Waals surface area contributed by atoms with Gasteiger partial charge in [-0.3, -0.25) is 14.4 Å². The molecule has 3 N–H and O–H groups in total. The third-order valence-corrected chi connectivity index (χ3v) is 6.45. The fraction of sp³-hybridized carbons (Fsp3) is 0.400. The third kappa shape index (κ3) is 5.62. The van der Waals surface area contributed by atoms with Crippen molar-refractivity contribution in [3.63, 3.8) is 0 Å². The highest BCUT2D eigenvalue weighted by atomic mass is 19.4. The third-order valence-electron chi connectivity index (χ3n) is 6.45. The van der Waals surface area contributed by atoms with E-state index in [9.17, 15) is 27.6 Å². The first-order valence-electron chi connectivity index (χ1n) is 11.5. The number of benzene rings is 2. The number of halogens is 3. The van der Waals surface area contributed by atoms with Crippen molar-refractivity contribution in [2.45, 2.75) is 31.1 Å². The van der Waals surface area contributed by atoms with E-state index in [1.165, 1.54) is 23.1 Å². The minimum atomic E-state index is -4.48. The molecule has 2 atom stereocenters. The zero-order chi connectivity index (χ0) is 25.9. The predicted molar refractivity (Wildman–Crippen MR) is 125 cm³/mol. The topological polar surface area (TPSA) is 99.8 Å². The van der Waals surface area contributed by atoms with Gasteiger partial charge in [0.15, 0.2) is 0 Å². The van der Waals surface area contributed by atoms with Crippen molar-refractivity contribution in [2.24, 2.45) is 5.92 Å². The van der Waals surface area contributed by atoms with Crippen LogP contribution in [0.25, 0.3) is 0 Å². The van der Waals surface area contributed by atoms with Crippen molar-refractivity contribution in [1.82, 2.24) is 15.5 Å². The van der Waals surface area contributed by atoms with Crippen LogP contribution in [-0.2, 0) is 31.8 Å². The lowest BCUT2D eigenvalue weighted by molar-refractivity contribution is -0.137. The first kappa shape index (κ1) is 25.5. The summed E-state index contributed by atoms with van der Waals surface area (Å²) in [5.74, 6) is -1.39. The molecule has 36 heavy (non-hydrogen) atoms. The molecule has 0 aliphatic carbocycles. The van der Waals surface area contributed by atoms with Crippen molar-refractivity contribution in [1.29, 1.82) is 0 Å². The highest BCUT2D eigenvalue weighted by Gasteiger charge is 2.45. The zero-order valence-electron chi connectivity index (χ0n) is 19.7. The van der Waals surface area contributed by atoms with Crippen LogP contribution in [0.1, 0.15) is 24.0 Å². The van der Waals surface area contributed by atoms with Gasteiger partial charge in [-0.2, -0.15) is 13.2 Å². The summed E-state index contributed by atoms with van der Waals surface area (Å²) < 4.78 is 45.1. The van der Waals surface area contributed by atoms with E-state index >= 15 is 0 Å². The minimum absolute atomic E-state index is 0.0303. The van der Waals surface area contributed by atoms with Crippen LogP contribution >= 0.6 is 0 Å². The Morgan fingerprint density at radius 2 is 1.86 bits per heavy atom. The second kappa shape index (κ2) is 10.2. The van der Waals surface area contributed by atoms with Gasteiger partial charge in [-0.15, -0.1) is 0 Å². The summed E-state index contributed by atoms with van der Waals surface area (Å²) >= 11 is 0. The van der Waals surface area contributed by atoms with Crippen molar-refractivity contribution < 1.29 is 32.3 Å². The summed E-state index contributed by atoms with van der Waals surface area (Å²) in [4.78, 5) is 39.1. The van der Waals surface area contributed by atoms with Crippen molar-refractivity contribution in [3.05, 3.63) is 59.7 Å². The summed E-state index contributed by atoms with van der Waals surface area (Å²) in [6.07, 6.45) is -4.07. The smallest absolute Gasteiger partial charge is 0.378 e. The first-order chi connectivity index (χ1) is 17.1. The Labute approximate surface area is 206 Å². The number of anilines is 2. The maximum Gasteiger partial charge on any atom is 0.418 e. The molecule has 2 aromatic carbocycles. The fourth-order valence-electron chi connectivity index (χ4n) is 4.33. The summed E-state index contributed by atoms with van der Waals surface area (Å²) in [5.41, 5.74) is -0.849. The fourth-order valence-corrected chi connectivity index (χ4v) is 4.33. The van der Waals surface area contributed by atoms with E-state index in [1.807, 2.05) is 0 Å². The number of nitrogens with one attached hydrogen (secondary N) is 3. The molecule has 2 saturated heterocycles. The molecular formula is C25H27F3N4O4. The van der Waals surface area contributed by atoms with E-state index in [4.69, 9.17) is 4.74 Å². The number of alkyl halides is 3. The quantitative estimate of drug-likeness (QED) is 0.539. The molecule has 3 amide bonds. The van der Waals surface area contributed by atoms with Crippen LogP contribution in [0.15, 0.2) is 48.5 Å². The number of likely N-dealkylation sites (tertiary alicyclic amines) is 1. The highest BCUT2D eigenvalue weighted by Crippen LogP contribution is 2.35. The predicted octanol–water partition coefficient (Wildman–Crippen LogP) is 2.82. The second-order valence-corrected chi connectivity index (χ2v) is 9.10. The van der Waals surface area contributed by atoms with Crippen LogP contribution in [0.3, 0.4) is 0 Å². The van der Waals surface area contributed by atoms with E-state index in [0.717, 1.165) is 11.6 Å². The van der Waals surface area contributed by atoms with Gasteiger partial charge in [0.05, 0.1) is 23.8 Å². The molecule has 0 radical (unpaired) electrons. The van der Waals surface area contributed by atoms with Crippen LogP contribution in [0.2, 0.25) is 0 Å². The van der Waals surface area contributed by atoms with E-state index in [0.29, 0.717) is 25.3 Å². The van der Waals surface area contributed by atoms with Crippen LogP contribution in [0.4, 0.5) is 24.5 Å². The van der Waals surface area contributed by atoms with E-state index in [-0.39, 0.29) is 37.1 Å². The Balaban J connectivity index is 1.36. The standard InChI is InChI=1S/C25H27F3N4O4/c1-32-14-17(12-21(32)33)22(34)31-24(10-11-36-15-24)23(35)29-13-16-6-8-18(9-7-16)30-20-5-3-2-4-19(20)25(26,27)28/h2-9,17,30H,10-15H2,1H3,(H,29,35)(H,31,34). The summed E-state index contributed by atoms with van der Waals surface area (Å²) in [6.45, 7) is 0.803. The molecule has 2 heterocycles. The highest BCUT2D eigenvalue weighted by molar-refractivity contribution is 5.95. The number of carbonyl (C=O) groups excluding carboxylic acids is 3. The number of para-hydroxylation sites is 1. The number of hydrogen-bond donors (Lipinski definition) is 3. The molecule has 4 rings (SSSR count). The maximum absolute atomic E-state index is 13.2. The molecule has 2 unspecified atom stereocenters. The monoisotopic (exact) mass is 504 g/mol. The minimum Gasteiger partial charge on any atom is -0.378 e. The SMILES string of the molecule is CN1CC(C(=O)NC2(C(=O)NCc3ccc(Nc4ccccc4C(F)(F)F)cc3)CCOC2)CC1=O. The molecule has 2 aromatic rings. The molecule has 11 heteroatoms. The van der Waals surface area contributed by atoms with E-state index in [1.54, 1.807) is 31.3 Å². The number of nitrogens with zero attached hydrogens (tertiary/aromatic N) is 1. The molecule has 2 aliphatic heterocycles. The second-order valence-electron chi connectivity index (χ2n) is 9.10. The van der Waals surface area contributed by atoms with Crippen LogP contribution in [0, 0.1) is 5.92 Å². The molecule has 2 fully saturated rings. The summed E-state index contributed by atoms with van der Waals surface area (Å²) in [6, 6.07) is 11.8. The lowest BCUT2D eigenvalue weighted by Gasteiger charge is -2.28. The van der Waals surface area contributed by atoms with Crippen LogP contribution in [0.5, 0.6) is 0 Å². The Bertz CT molecular complexity index is 1130. The van der Waals surface area contributed by atoms with Gasteiger partial charge in [0.1, 0.15) is 5.54 Å². The molecule has 0 spiro atoms. The average Bonchev–Trinajstić information content (AvgIpc) is 3.45. The van der Waals surface area contributed by atoms with Crippen molar-refractivity contribution in [2.75, 3.05) is 32.1 Å². The largest absolute Gasteiger partial charge is 0.418 e. The molecular weight excluding hydrogens is 477 g/mol. The zero-order valence-corrected chi connectivity index (χ0v) is 19.7. The maximum atomic E-state index is 13.2. The van der Waals surface area contributed by atoms with Gasteiger partial charge >= 0.3 is 6.18 Å². The van der Waals surface area contributed by atoms with Gasteiger partial charge < -0.3 is 25.6 Å². The Kier molecular flexibility index (Phi) is 7.21. The normalized spacial score (nSPS) is 21.9. The first-order valence-corrected chi connectivity index (χ1v) is 11.5. The Hall–Kier alpha value is -3.60. The number of hydrogen-bond acceptors (Lipinski definition) is 5. The Morgan fingerprint density at radius 1 is 1.14 bits per heavy atom. The van der Waals surface area contributed by atoms with Crippen LogP contribution < -0.4 is 16.0 Å². The number of rotatable bonds is 7. The van der Waals surface area contributed by atoms with Crippen molar-refractivity contribution >= 4 is 29.1 Å². The lowest BCUT2D eigenvalue weighted by atomic mass is 9.95. The number of carbonyl (C=O) groups is 3. The van der Waals surface area contributed by atoms with E-state index in [2.05, 4.69) is 16.0 Å². The molecule has 0 saturated carbocycles. The van der Waals surface area contributed by atoms with Gasteiger partial charge in [-0.1, -0.05) is 24.3 Å². The summed E-state index contributed by atoms with van der Waals surface area (Å²) in [7, 11) is 1.63. The molecule has 8 nitrogen and oxygen atoms in total. The number of amides is 3. The van der Waals surface area contributed by atoms with Gasteiger partial charge in [-0.05, 0) is 29.8 Å². The van der Waals surface area contributed by atoms with Gasteiger partial charge in [0, 0.05) is 45.3 Å². The molecule has 0 bridgehead atoms. The Morgan fingerprint density at radius 3 is 2.47 bits per heavy atom. The number of ether oxygens (including phenoxy) is 1. The van der Waals surface area contributed by atoms with Gasteiger partial charge in [-0.25, -0.2) is 0 Å².